The van der Waals surface area contributed by atoms with Crippen molar-refractivity contribution in [1.82, 2.24) is 9.78 Å². The van der Waals surface area contributed by atoms with Crippen LogP contribution in [0.2, 0.25) is 0 Å². The van der Waals surface area contributed by atoms with Crippen LogP contribution in [0.25, 0.3) is 5.69 Å². The van der Waals surface area contributed by atoms with Gasteiger partial charge in [0.2, 0.25) is 0 Å². The molecular formula is C20H20N4O5. The lowest BCUT2D eigenvalue weighted by Crippen LogP contribution is -2.12. The summed E-state index contributed by atoms with van der Waals surface area (Å²) in [6.07, 6.45) is 1.33. The molecule has 1 heterocycles. The van der Waals surface area contributed by atoms with Crippen molar-refractivity contribution in [2.45, 2.75) is 0 Å². The number of hydrogen-bond acceptors (Lipinski definition) is 7. The van der Waals surface area contributed by atoms with E-state index in [-0.39, 0.29) is 17.3 Å². The van der Waals surface area contributed by atoms with Gasteiger partial charge in [0.1, 0.15) is 22.9 Å². The van der Waals surface area contributed by atoms with Crippen LogP contribution in [0.1, 0.15) is 20.7 Å². The molecule has 0 aliphatic heterocycles. The molecule has 9 nitrogen and oxygen atoms in total. The first-order valence-electron chi connectivity index (χ1n) is 8.53. The number of nitrogens with zero attached hydrogens (tertiary/aromatic N) is 2. The molecule has 0 aliphatic rings. The molecule has 0 saturated carbocycles. The fourth-order valence-electron chi connectivity index (χ4n) is 2.67. The molecule has 0 bridgehead atoms. The van der Waals surface area contributed by atoms with Gasteiger partial charge in [-0.15, -0.1) is 0 Å². The second kappa shape index (κ2) is 8.34. The number of methoxy groups -OCH3 is 3. The van der Waals surface area contributed by atoms with Crippen molar-refractivity contribution in [1.29, 1.82) is 0 Å². The minimum atomic E-state index is -0.571. The predicted octanol–water partition coefficient (Wildman–Crippen LogP) is 2.51. The van der Waals surface area contributed by atoms with Gasteiger partial charge in [-0.1, -0.05) is 0 Å². The topological polar surface area (TPSA) is 118 Å². The first kappa shape index (κ1) is 19.7. The maximum Gasteiger partial charge on any atom is 0.343 e. The molecular weight excluding hydrogens is 376 g/mol. The van der Waals surface area contributed by atoms with Crippen LogP contribution >= 0.6 is 0 Å². The monoisotopic (exact) mass is 396 g/mol. The number of hydrogen-bond donors (Lipinski definition) is 2. The Bertz CT molecular complexity index is 1020. The quantitative estimate of drug-likeness (QED) is 0.615. The Morgan fingerprint density at radius 2 is 1.62 bits per heavy atom. The van der Waals surface area contributed by atoms with Crippen LogP contribution in [0, 0.1) is 0 Å². The van der Waals surface area contributed by atoms with Crippen molar-refractivity contribution in [3.63, 3.8) is 0 Å². The summed E-state index contributed by atoms with van der Waals surface area (Å²) in [5, 5.41) is 6.90. The average molecular weight is 396 g/mol. The first-order valence-corrected chi connectivity index (χ1v) is 8.53. The minimum absolute atomic E-state index is 0.150. The summed E-state index contributed by atoms with van der Waals surface area (Å²) < 4.78 is 16.5. The largest absolute Gasteiger partial charge is 0.497 e. The number of rotatable bonds is 6. The highest BCUT2D eigenvalue weighted by molar-refractivity contribution is 6.04. The lowest BCUT2D eigenvalue weighted by atomic mass is 10.2. The number of ether oxygens (including phenoxy) is 3. The van der Waals surface area contributed by atoms with Gasteiger partial charge in [0, 0.05) is 29.4 Å². The number of nitrogens with two attached hydrogens (primary N) is 1. The summed E-state index contributed by atoms with van der Waals surface area (Å²) in [5.74, 6) is 0.391. The van der Waals surface area contributed by atoms with Gasteiger partial charge in [0.25, 0.3) is 5.91 Å². The number of esters is 1. The van der Waals surface area contributed by atoms with E-state index in [4.69, 9.17) is 15.2 Å². The van der Waals surface area contributed by atoms with Crippen LogP contribution in [-0.4, -0.2) is 43.0 Å². The number of aromatic nitrogens is 2. The minimum Gasteiger partial charge on any atom is -0.497 e. The van der Waals surface area contributed by atoms with Gasteiger partial charge >= 0.3 is 5.97 Å². The summed E-state index contributed by atoms with van der Waals surface area (Å²) in [6, 6.07) is 11.7. The van der Waals surface area contributed by atoms with Gasteiger partial charge < -0.3 is 25.3 Å². The Labute approximate surface area is 167 Å². The van der Waals surface area contributed by atoms with Gasteiger partial charge in [-0.05, 0) is 24.3 Å². The summed E-state index contributed by atoms with van der Waals surface area (Å²) in [6.45, 7) is 0. The highest BCUT2D eigenvalue weighted by atomic mass is 16.5. The Morgan fingerprint density at radius 3 is 2.17 bits per heavy atom. The van der Waals surface area contributed by atoms with Crippen molar-refractivity contribution in [2.75, 3.05) is 32.4 Å². The summed E-state index contributed by atoms with van der Waals surface area (Å²) in [5.41, 5.74) is 7.69. The molecule has 3 N–H and O–H groups in total. The van der Waals surface area contributed by atoms with Crippen LogP contribution in [0.5, 0.6) is 11.5 Å². The number of amides is 1. The number of nitrogen functional groups attached to an aromatic ring is 1. The van der Waals surface area contributed by atoms with E-state index >= 15 is 0 Å². The summed E-state index contributed by atoms with van der Waals surface area (Å²) in [7, 11) is 4.34. The second-order valence-corrected chi connectivity index (χ2v) is 5.95. The highest BCUT2D eigenvalue weighted by Crippen LogP contribution is 2.26. The number of nitrogens with one attached hydrogen (secondary N) is 1. The molecule has 1 amide bonds. The van der Waals surface area contributed by atoms with Gasteiger partial charge in [-0.2, -0.15) is 5.10 Å². The molecule has 0 unspecified atom stereocenters. The molecule has 9 heteroatoms. The van der Waals surface area contributed by atoms with E-state index in [9.17, 15) is 9.59 Å². The Kier molecular flexibility index (Phi) is 5.68. The predicted molar refractivity (Wildman–Crippen MR) is 107 cm³/mol. The fraction of sp³-hybridized carbons (Fsp3) is 0.150. The van der Waals surface area contributed by atoms with E-state index in [0.717, 1.165) is 0 Å². The number of carbonyl (C=O) groups is 2. The molecule has 1 aromatic heterocycles. The van der Waals surface area contributed by atoms with E-state index < -0.39 is 5.97 Å². The molecule has 0 atom stereocenters. The average Bonchev–Trinajstić information content (AvgIpc) is 3.14. The Balaban J connectivity index is 1.79. The van der Waals surface area contributed by atoms with Crippen molar-refractivity contribution in [2.24, 2.45) is 0 Å². The van der Waals surface area contributed by atoms with Crippen LogP contribution in [0.3, 0.4) is 0 Å². The number of anilines is 2. The number of benzene rings is 2. The van der Waals surface area contributed by atoms with Gasteiger partial charge in [-0.3, -0.25) is 4.79 Å². The standard InChI is InChI=1S/C20H20N4O5/c1-27-15-8-13(9-16(10-15)28-2)23-19(25)12-4-6-14(7-5-12)24-18(21)17(11-22-24)20(26)29-3/h4-11H,21H2,1-3H3,(H,23,25). The van der Waals surface area contributed by atoms with Crippen LogP contribution in [-0.2, 0) is 4.74 Å². The third kappa shape index (κ3) is 4.13. The lowest BCUT2D eigenvalue weighted by molar-refractivity contribution is 0.0602. The van der Waals surface area contributed by atoms with Crippen molar-refractivity contribution < 1.29 is 23.8 Å². The highest BCUT2D eigenvalue weighted by Gasteiger charge is 2.17. The molecule has 0 fully saturated rings. The number of carbonyl (C=O) groups excluding carboxylic acids is 2. The normalized spacial score (nSPS) is 10.3. The van der Waals surface area contributed by atoms with E-state index in [1.165, 1.54) is 32.2 Å². The zero-order valence-corrected chi connectivity index (χ0v) is 16.1. The van der Waals surface area contributed by atoms with E-state index in [0.29, 0.717) is 28.4 Å². The van der Waals surface area contributed by atoms with Crippen LogP contribution < -0.4 is 20.5 Å². The van der Waals surface area contributed by atoms with Gasteiger partial charge in [0.15, 0.2) is 0 Å². The first-order chi connectivity index (χ1) is 14.0. The maximum absolute atomic E-state index is 12.6. The molecule has 3 rings (SSSR count). The molecule has 29 heavy (non-hydrogen) atoms. The maximum atomic E-state index is 12.6. The summed E-state index contributed by atoms with van der Waals surface area (Å²) in [4.78, 5) is 24.2. The molecule has 0 spiro atoms. The molecule has 150 valence electrons. The lowest BCUT2D eigenvalue weighted by Gasteiger charge is -2.10. The van der Waals surface area contributed by atoms with Crippen LogP contribution in [0.15, 0.2) is 48.7 Å². The smallest absolute Gasteiger partial charge is 0.343 e. The molecule has 0 saturated heterocycles. The van der Waals surface area contributed by atoms with E-state index in [1.807, 2.05) is 0 Å². The Morgan fingerprint density at radius 1 is 1.00 bits per heavy atom. The zero-order chi connectivity index (χ0) is 21.0. The Hall–Kier alpha value is -4.01. The molecule has 3 aromatic rings. The zero-order valence-electron chi connectivity index (χ0n) is 16.1. The second-order valence-electron chi connectivity index (χ2n) is 5.95. The van der Waals surface area contributed by atoms with Crippen molar-refractivity contribution in [3.05, 3.63) is 59.8 Å². The molecule has 0 radical (unpaired) electrons. The van der Waals surface area contributed by atoms with Crippen molar-refractivity contribution in [3.8, 4) is 17.2 Å². The van der Waals surface area contributed by atoms with E-state index in [1.54, 1.807) is 42.5 Å². The third-order valence-electron chi connectivity index (χ3n) is 4.20. The summed E-state index contributed by atoms with van der Waals surface area (Å²) >= 11 is 0. The SMILES string of the molecule is COC(=O)c1cnn(-c2ccc(C(=O)Nc3cc(OC)cc(OC)c3)cc2)c1N. The van der Waals surface area contributed by atoms with Gasteiger partial charge in [0.05, 0.1) is 33.2 Å². The molecule has 2 aromatic carbocycles. The van der Waals surface area contributed by atoms with Gasteiger partial charge in [-0.25, -0.2) is 9.48 Å². The third-order valence-corrected chi connectivity index (χ3v) is 4.20. The molecule has 0 aliphatic carbocycles. The van der Waals surface area contributed by atoms with Crippen molar-refractivity contribution >= 4 is 23.4 Å². The fourth-order valence-corrected chi connectivity index (χ4v) is 2.67. The van der Waals surface area contributed by atoms with Crippen LogP contribution in [0.4, 0.5) is 11.5 Å². The van der Waals surface area contributed by atoms with E-state index in [2.05, 4.69) is 15.2 Å².